The molecule has 0 aromatic heterocycles. The van der Waals surface area contributed by atoms with Gasteiger partial charge in [0.2, 0.25) is 0 Å². The third kappa shape index (κ3) is 5.41. The van der Waals surface area contributed by atoms with Crippen molar-refractivity contribution in [2.45, 2.75) is 39.5 Å². The van der Waals surface area contributed by atoms with Crippen LogP contribution in [0, 0.1) is 11.3 Å². The predicted molar refractivity (Wildman–Crippen MR) is 58.8 cm³/mol. The largest absolute Gasteiger partial charge is 0.366 e. The molecule has 15 heavy (non-hydrogen) atoms. The Kier molecular flexibility index (Phi) is 7.85. The molecule has 0 rings (SSSR count). The topological polar surface area (TPSA) is 65.7 Å². The average molecular weight is 234 g/mol. The molecule has 0 saturated carbocycles. The van der Waals surface area contributed by atoms with E-state index in [0.717, 1.165) is 0 Å². The molecule has 0 fully saturated rings. The van der Waals surface area contributed by atoms with Gasteiger partial charge in [-0.05, 0) is 20.8 Å². The zero-order valence-corrected chi connectivity index (χ0v) is 10.6. The van der Waals surface area contributed by atoms with E-state index in [4.69, 9.17) is 14.5 Å². The Balaban J connectivity index is 4.17. The second-order valence-corrected chi connectivity index (χ2v) is 4.53. The lowest BCUT2D eigenvalue weighted by molar-refractivity contribution is 0.00576. The molecule has 0 bridgehead atoms. The molecular formula is C9H19N2O3P. The van der Waals surface area contributed by atoms with Crippen LogP contribution in [0.4, 0.5) is 0 Å². The monoisotopic (exact) mass is 234 g/mol. The summed E-state index contributed by atoms with van der Waals surface area (Å²) in [6.45, 7) is 6.00. The fourth-order valence-electron chi connectivity index (χ4n) is 1.10. The van der Waals surface area contributed by atoms with Gasteiger partial charge in [-0.1, -0.05) is 0 Å². The highest BCUT2D eigenvalue weighted by atomic mass is 31.2. The lowest BCUT2D eigenvalue weighted by atomic mass is 10.4. The Hall–Kier alpha value is -0.240. The van der Waals surface area contributed by atoms with Crippen LogP contribution in [-0.4, -0.2) is 35.6 Å². The van der Waals surface area contributed by atoms with Crippen molar-refractivity contribution >= 4 is 8.53 Å². The summed E-state index contributed by atoms with van der Waals surface area (Å²) in [4.78, 5) is 9.79. The Labute approximate surface area is 92.6 Å². The van der Waals surface area contributed by atoms with Crippen LogP contribution in [0.3, 0.4) is 0 Å². The summed E-state index contributed by atoms with van der Waals surface area (Å²) in [6.07, 6.45) is 0.0790. The van der Waals surface area contributed by atoms with Gasteiger partial charge in [0, 0.05) is 13.2 Å². The fourth-order valence-corrected chi connectivity index (χ4v) is 2.26. The van der Waals surface area contributed by atoms with E-state index < -0.39 is 8.53 Å². The van der Waals surface area contributed by atoms with Gasteiger partial charge in [-0.2, -0.15) is 5.26 Å². The van der Waals surface area contributed by atoms with Gasteiger partial charge in [-0.25, -0.2) is 4.67 Å². The third-order valence-electron chi connectivity index (χ3n) is 1.86. The van der Waals surface area contributed by atoms with Crippen molar-refractivity contribution in [1.29, 1.82) is 5.26 Å². The highest BCUT2D eigenvalue weighted by Gasteiger charge is 2.26. The van der Waals surface area contributed by atoms with Gasteiger partial charge in [0.1, 0.15) is 6.23 Å². The van der Waals surface area contributed by atoms with Crippen molar-refractivity contribution in [3.8, 4) is 6.07 Å². The molecule has 6 heteroatoms. The summed E-state index contributed by atoms with van der Waals surface area (Å²) in [5, 5.41) is 8.34. The third-order valence-corrected chi connectivity index (χ3v) is 3.46. The van der Waals surface area contributed by atoms with Crippen molar-refractivity contribution in [2.24, 2.45) is 0 Å². The van der Waals surface area contributed by atoms with Crippen molar-refractivity contribution in [3.05, 3.63) is 0 Å². The SMILES string of the molecule is COC(C)N(C(C)C)P(O)OCCC#N. The molecule has 0 saturated heterocycles. The second kappa shape index (κ2) is 7.98. The molecule has 0 amide bonds. The Bertz CT molecular complexity index is 208. The van der Waals surface area contributed by atoms with E-state index in [2.05, 4.69) is 0 Å². The zero-order chi connectivity index (χ0) is 11.8. The molecule has 88 valence electrons. The van der Waals surface area contributed by atoms with Gasteiger partial charge in [-0.3, -0.25) is 0 Å². The quantitative estimate of drug-likeness (QED) is 0.413. The van der Waals surface area contributed by atoms with E-state index in [1.165, 1.54) is 0 Å². The van der Waals surface area contributed by atoms with Crippen LogP contribution in [0.2, 0.25) is 0 Å². The van der Waals surface area contributed by atoms with Crippen molar-refractivity contribution in [1.82, 2.24) is 4.67 Å². The van der Waals surface area contributed by atoms with Gasteiger partial charge in [-0.15, -0.1) is 0 Å². The maximum absolute atomic E-state index is 9.79. The molecule has 0 aliphatic rings. The first-order valence-electron chi connectivity index (χ1n) is 4.84. The molecule has 1 N–H and O–H groups in total. The molecule has 0 aliphatic carbocycles. The standard InChI is InChI=1S/C9H19N2O3P/c1-8(2)11(9(3)13-4)15(12)14-7-5-6-10/h8-9,12H,5,7H2,1-4H3. The first kappa shape index (κ1) is 14.8. The van der Waals surface area contributed by atoms with E-state index in [0.29, 0.717) is 0 Å². The average Bonchev–Trinajstić information content (AvgIpc) is 2.17. The first-order chi connectivity index (χ1) is 7.04. The van der Waals surface area contributed by atoms with E-state index in [1.807, 2.05) is 26.8 Å². The number of hydrogen-bond donors (Lipinski definition) is 1. The predicted octanol–water partition coefficient (Wildman–Crippen LogP) is 1.84. The van der Waals surface area contributed by atoms with E-state index in [9.17, 15) is 4.89 Å². The summed E-state index contributed by atoms with van der Waals surface area (Å²) in [6, 6.07) is 2.08. The van der Waals surface area contributed by atoms with Crippen molar-refractivity contribution in [2.75, 3.05) is 13.7 Å². The molecule has 0 spiro atoms. The Morgan fingerprint density at radius 2 is 2.07 bits per heavy atom. The minimum atomic E-state index is -1.68. The lowest BCUT2D eigenvalue weighted by Gasteiger charge is -2.33. The smallest absolute Gasteiger partial charge is 0.258 e. The summed E-state index contributed by atoms with van der Waals surface area (Å²) in [5.41, 5.74) is 0. The van der Waals surface area contributed by atoms with Crippen LogP contribution in [0.25, 0.3) is 0 Å². The first-order valence-corrected chi connectivity index (χ1v) is 6.01. The highest BCUT2D eigenvalue weighted by molar-refractivity contribution is 7.43. The van der Waals surface area contributed by atoms with Gasteiger partial charge < -0.3 is 14.2 Å². The van der Waals surface area contributed by atoms with Crippen LogP contribution in [0.5, 0.6) is 0 Å². The van der Waals surface area contributed by atoms with Crippen LogP contribution in [0.15, 0.2) is 0 Å². The van der Waals surface area contributed by atoms with Crippen LogP contribution < -0.4 is 0 Å². The fraction of sp³-hybridized carbons (Fsp3) is 0.889. The van der Waals surface area contributed by atoms with Gasteiger partial charge >= 0.3 is 0 Å². The lowest BCUT2D eigenvalue weighted by Crippen LogP contribution is -2.36. The van der Waals surface area contributed by atoms with Gasteiger partial charge in [0.15, 0.2) is 0 Å². The molecule has 0 radical (unpaired) electrons. The number of nitriles is 1. The molecule has 0 aromatic rings. The molecule has 0 aromatic carbocycles. The maximum Gasteiger partial charge on any atom is 0.258 e. The summed E-state index contributed by atoms with van der Waals surface area (Å²) < 4.78 is 12.1. The van der Waals surface area contributed by atoms with E-state index in [1.54, 1.807) is 11.8 Å². The van der Waals surface area contributed by atoms with Crippen LogP contribution in [-0.2, 0) is 9.26 Å². The number of methoxy groups -OCH3 is 1. The molecule has 0 aliphatic heterocycles. The number of nitrogens with zero attached hydrogens (tertiary/aromatic N) is 2. The summed E-state index contributed by atoms with van der Waals surface area (Å²) >= 11 is 0. The molecule has 5 nitrogen and oxygen atoms in total. The molecule has 2 unspecified atom stereocenters. The van der Waals surface area contributed by atoms with Crippen LogP contribution in [0.1, 0.15) is 27.2 Å². The van der Waals surface area contributed by atoms with Crippen molar-refractivity contribution in [3.63, 3.8) is 0 Å². The number of hydrogen-bond acceptors (Lipinski definition) is 5. The zero-order valence-electron chi connectivity index (χ0n) is 9.67. The summed E-state index contributed by atoms with van der Waals surface area (Å²) in [5.74, 6) is 0. The minimum absolute atomic E-state index is 0.123. The Morgan fingerprint density at radius 3 is 2.47 bits per heavy atom. The van der Waals surface area contributed by atoms with E-state index >= 15 is 0 Å². The number of rotatable bonds is 7. The second-order valence-electron chi connectivity index (χ2n) is 3.30. The van der Waals surface area contributed by atoms with Gasteiger partial charge in [0.25, 0.3) is 8.53 Å². The minimum Gasteiger partial charge on any atom is -0.366 e. The Morgan fingerprint density at radius 1 is 1.47 bits per heavy atom. The highest BCUT2D eigenvalue weighted by Crippen LogP contribution is 2.40. The maximum atomic E-state index is 9.79. The van der Waals surface area contributed by atoms with E-state index in [-0.39, 0.29) is 25.3 Å². The molecular weight excluding hydrogens is 215 g/mol. The van der Waals surface area contributed by atoms with Gasteiger partial charge in [0.05, 0.1) is 19.1 Å². The number of ether oxygens (including phenoxy) is 1. The molecule has 0 heterocycles. The summed E-state index contributed by atoms with van der Waals surface area (Å²) in [7, 11) is -0.101. The normalized spacial score (nSPS) is 15.3. The van der Waals surface area contributed by atoms with Crippen LogP contribution >= 0.6 is 8.53 Å². The molecule has 2 atom stereocenters. The van der Waals surface area contributed by atoms with Crippen molar-refractivity contribution < 1.29 is 14.2 Å².